The number of hydrogen-bond acceptors (Lipinski definition) is 4. The van der Waals surface area contributed by atoms with Crippen LogP contribution in [-0.2, 0) is 4.79 Å². The van der Waals surface area contributed by atoms with Crippen molar-refractivity contribution >= 4 is 22.8 Å². The van der Waals surface area contributed by atoms with Crippen LogP contribution in [-0.4, -0.2) is 26.6 Å². The number of nitrogens with zero attached hydrogens (tertiary/aromatic N) is 2. The first-order chi connectivity index (χ1) is 9.50. The van der Waals surface area contributed by atoms with Crippen LogP contribution in [0.15, 0.2) is 24.3 Å². The fourth-order valence-corrected chi connectivity index (χ4v) is 2.44. The molecular formula is C15H17N3O2. The largest absolute Gasteiger partial charge is 0.480 e. The van der Waals surface area contributed by atoms with Crippen molar-refractivity contribution in [3.8, 4) is 0 Å². The topological polar surface area (TPSA) is 75.1 Å². The quantitative estimate of drug-likeness (QED) is 0.894. The monoisotopic (exact) mass is 271 g/mol. The van der Waals surface area contributed by atoms with Gasteiger partial charge in [-0.1, -0.05) is 12.1 Å². The maximum absolute atomic E-state index is 11.6. The second-order valence-electron chi connectivity index (χ2n) is 5.55. The van der Waals surface area contributed by atoms with E-state index in [4.69, 9.17) is 0 Å². The third-order valence-corrected chi connectivity index (χ3v) is 3.96. The van der Waals surface area contributed by atoms with Crippen LogP contribution in [0.5, 0.6) is 0 Å². The summed E-state index contributed by atoms with van der Waals surface area (Å²) in [5.74, 6) is -0.123. The van der Waals surface area contributed by atoms with Gasteiger partial charge in [-0.05, 0) is 44.7 Å². The summed E-state index contributed by atoms with van der Waals surface area (Å²) in [7, 11) is 0. The molecule has 1 unspecified atom stereocenters. The number of aryl methyl sites for hydroxylation is 1. The van der Waals surface area contributed by atoms with Gasteiger partial charge in [-0.3, -0.25) is 0 Å². The van der Waals surface area contributed by atoms with Gasteiger partial charge in [-0.2, -0.15) is 0 Å². The van der Waals surface area contributed by atoms with E-state index < -0.39 is 11.5 Å². The highest BCUT2D eigenvalue weighted by Crippen LogP contribution is 2.41. The average Bonchev–Trinajstić information content (AvgIpc) is 3.24. The molecule has 1 aromatic heterocycles. The molecule has 1 aromatic carbocycles. The number of aliphatic carboxylic acids is 1. The third-order valence-electron chi connectivity index (χ3n) is 3.96. The fourth-order valence-electron chi connectivity index (χ4n) is 2.44. The minimum atomic E-state index is -0.970. The van der Waals surface area contributed by atoms with E-state index in [1.807, 2.05) is 31.2 Å². The Hall–Kier alpha value is -2.17. The normalized spacial score (nSPS) is 17.7. The number of nitrogens with one attached hydrogen (secondary N) is 1. The van der Waals surface area contributed by atoms with Crippen LogP contribution in [0.4, 0.5) is 5.82 Å². The fraction of sp³-hybridized carbons (Fsp3) is 0.400. The van der Waals surface area contributed by atoms with Crippen molar-refractivity contribution in [2.24, 2.45) is 5.92 Å². The van der Waals surface area contributed by atoms with Crippen molar-refractivity contribution in [3.63, 3.8) is 0 Å². The Morgan fingerprint density at radius 1 is 1.30 bits per heavy atom. The first kappa shape index (κ1) is 12.8. The van der Waals surface area contributed by atoms with E-state index in [1.165, 1.54) is 0 Å². The van der Waals surface area contributed by atoms with Crippen molar-refractivity contribution in [3.05, 3.63) is 30.0 Å². The molecule has 2 aromatic rings. The van der Waals surface area contributed by atoms with Gasteiger partial charge in [0.25, 0.3) is 0 Å². The minimum absolute atomic E-state index is 0.160. The van der Waals surface area contributed by atoms with Crippen LogP contribution in [0.1, 0.15) is 25.5 Å². The molecule has 1 saturated carbocycles. The highest BCUT2D eigenvalue weighted by atomic mass is 16.4. The van der Waals surface area contributed by atoms with E-state index in [2.05, 4.69) is 15.3 Å². The molecule has 0 amide bonds. The molecule has 0 radical (unpaired) electrons. The minimum Gasteiger partial charge on any atom is -0.480 e. The van der Waals surface area contributed by atoms with Gasteiger partial charge in [-0.15, -0.1) is 0 Å². The van der Waals surface area contributed by atoms with Gasteiger partial charge in [0.2, 0.25) is 0 Å². The van der Waals surface area contributed by atoms with Crippen molar-refractivity contribution in [1.29, 1.82) is 0 Å². The van der Waals surface area contributed by atoms with E-state index >= 15 is 0 Å². The standard InChI is InChI=1S/C15H17N3O2/c1-9-13(17-12-6-4-3-5-11(12)16-9)18-15(2,14(19)20)10-7-8-10/h3-6,10H,7-8H2,1-2H3,(H,17,18)(H,19,20). The predicted molar refractivity (Wildman–Crippen MR) is 76.7 cm³/mol. The number of carboxylic acids is 1. The zero-order chi connectivity index (χ0) is 14.3. The number of fused-ring (bicyclic) bond motifs is 1. The van der Waals surface area contributed by atoms with Gasteiger partial charge in [0.1, 0.15) is 11.4 Å². The maximum Gasteiger partial charge on any atom is 0.329 e. The lowest BCUT2D eigenvalue weighted by molar-refractivity contribution is -0.142. The summed E-state index contributed by atoms with van der Waals surface area (Å²) in [4.78, 5) is 20.6. The molecule has 1 aliphatic carbocycles. The predicted octanol–water partition coefficient (Wildman–Crippen LogP) is 2.60. The maximum atomic E-state index is 11.6. The van der Waals surface area contributed by atoms with Gasteiger partial charge in [0, 0.05) is 0 Å². The van der Waals surface area contributed by atoms with E-state index in [0.29, 0.717) is 5.82 Å². The number of rotatable bonds is 4. The highest BCUT2D eigenvalue weighted by molar-refractivity contribution is 5.84. The Morgan fingerprint density at radius 2 is 1.90 bits per heavy atom. The first-order valence-electron chi connectivity index (χ1n) is 6.75. The zero-order valence-corrected chi connectivity index (χ0v) is 11.6. The summed E-state index contributed by atoms with van der Waals surface area (Å²) < 4.78 is 0. The summed E-state index contributed by atoms with van der Waals surface area (Å²) in [6, 6.07) is 7.58. The van der Waals surface area contributed by atoms with E-state index in [-0.39, 0.29) is 5.92 Å². The molecule has 0 saturated heterocycles. The second-order valence-corrected chi connectivity index (χ2v) is 5.55. The molecule has 1 aliphatic rings. The second kappa shape index (κ2) is 4.44. The van der Waals surface area contributed by atoms with Crippen molar-refractivity contribution < 1.29 is 9.90 Å². The van der Waals surface area contributed by atoms with Crippen LogP contribution in [0.25, 0.3) is 11.0 Å². The molecule has 20 heavy (non-hydrogen) atoms. The molecule has 2 N–H and O–H groups in total. The van der Waals surface area contributed by atoms with Gasteiger partial charge in [-0.25, -0.2) is 14.8 Å². The number of anilines is 1. The molecule has 104 valence electrons. The van der Waals surface area contributed by atoms with Crippen LogP contribution >= 0.6 is 0 Å². The molecule has 1 atom stereocenters. The van der Waals surface area contributed by atoms with Gasteiger partial charge >= 0.3 is 5.97 Å². The third kappa shape index (κ3) is 2.09. The number of carboxylic acid groups (broad SMARTS) is 1. The van der Waals surface area contributed by atoms with Crippen LogP contribution in [0.3, 0.4) is 0 Å². The summed E-state index contributed by atoms with van der Waals surface area (Å²) in [5, 5.41) is 12.6. The Kier molecular flexibility index (Phi) is 2.85. The molecular weight excluding hydrogens is 254 g/mol. The van der Waals surface area contributed by atoms with E-state index in [9.17, 15) is 9.90 Å². The molecule has 0 bridgehead atoms. The summed E-state index contributed by atoms with van der Waals surface area (Å²) >= 11 is 0. The summed E-state index contributed by atoms with van der Waals surface area (Å²) in [6.45, 7) is 3.57. The van der Waals surface area contributed by atoms with Gasteiger partial charge in [0.15, 0.2) is 0 Å². The lowest BCUT2D eigenvalue weighted by atomic mass is 9.96. The number of carbonyl (C=O) groups is 1. The Morgan fingerprint density at radius 3 is 2.45 bits per heavy atom. The number of aromatic nitrogens is 2. The summed E-state index contributed by atoms with van der Waals surface area (Å²) in [6.07, 6.45) is 1.88. The zero-order valence-electron chi connectivity index (χ0n) is 11.6. The molecule has 5 nitrogen and oxygen atoms in total. The molecule has 1 fully saturated rings. The lowest BCUT2D eigenvalue weighted by Gasteiger charge is -2.27. The molecule has 0 aliphatic heterocycles. The Balaban J connectivity index is 2.01. The number of hydrogen-bond donors (Lipinski definition) is 2. The van der Waals surface area contributed by atoms with Crippen LogP contribution in [0, 0.1) is 12.8 Å². The van der Waals surface area contributed by atoms with Crippen molar-refractivity contribution in [1.82, 2.24) is 9.97 Å². The lowest BCUT2D eigenvalue weighted by Crippen LogP contribution is -2.46. The Bertz CT molecular complexity index is 682. The van der Waals surface area contributed by atoms with Crippen molar-refractivity contribution in [2.45, 2.75) is 32.2 Å². The summed E-state index contributed by atoms with van der Waals surface area (Å²) in [5.41, 5.74) is 1.34. The van der Waals surface area contributed by atoms with Crippen LogP contribution in [0.2, 0.25) is 0 Å². The van der Waals surface area contributed by atoms with Crippen LogP contribution < -0.4 is 5.32 Å². The van der Waals surface area contributed by atoms with Crippen molar-refractivity contribution in [2.75, 3.05) is 5.32 Å². The number of benzene rings is 1. The van der Waals surface area contributed by atoms with E-state index in [1.54, 1.807) is 6.92 Å². The van der Waals surface area contributed by atoms with E-state index in [0.717, 1.165) is 29.6 Å². The molecule has 5 heteroatoms. The van der Waals surface area contributed by atoms with Gasteiger partial charge < -0.3 is 10.4 Å². The molecule has 1 heterocycles. The molecule has 3 rings (SSSR count). The highest BCUT2D eigenvalue weighted by Gasteiger charge is 2.48. The first-order valence-corrected chi connectivity index (χ1v) is 6.75. The average molecular weight is 271 g/mol. The number of para-hydroxylation sites is 2. The van der Waals surface area contributed by atoms with Gasteiger partial charge in [0.05, 0.1) is 16.7 Å². The SMILES string of the molecule is Cc1nc2ccccc2nc1NC(C)(C(=O)O)C1CC1. The Labute approximate surface area is 117 Å². The smallest absolute Gasteiger partial charge is 0.329 e. The molecule has 0 spiro atoms.